The molecule has 0 unspecified atom stereocenters. The first-order valence-electron chi connectivity index (χ1n) is 9.68. The fraction of sp³-hybridized carbons (Fsp3) is 0.429. The summed E-state index contributed by atoms with van der Waals surface area (Å²) in [6.07, 6.45) is 2.90. The standard InChI is InChI=1S/C21H27N5O2/c1-27-17-5-6-19(28-2)16(12-17)14-25-10-7-15(13-25)20-18-4-3-9-23-21(18)26(24-20)11-8-22/h3-6,9,12,15H,7-8,10-11,13-14,22H2,1-2H3/t15-/m0/s1. The lowest BCUT2D eigenvalue weighted by molar-refractivity contribution is 0.315. The Morgan fingerprint density at radius 2 is 2.11 bits per heavy atom. The number of fused-ring (bicyclic) bond motifs is 1. The van der Waals surface area contributed by atoms with E-state index in [0.29, 0.717) is 19.0 Å². The average molecular weight is 381 g/mol. The molecule has 148 valence electrons. The Hall–Kier alpha value is -2.64. The molecule has 0 saturated carbocycles. The van der Waals surface area contributed by atoms with Crippen LogP contribution in [0.3, 0.4) is 0 Å². The number of methoxy groups -OCH3 is 2. The second-order valence-corrected chi connectivity index (χ2v) is 7.17. The molecule has 1 fully saturated rings. The number of rotatable bonds is 7. The lowest BCUT2D eigenvalue weighted by Crippen LogP contribution is -2.20. The van der Waals surface area contributed by atoms with E-state index in [0.717, 1.165) is 59.8 Å². The van der Waals surface area contributed by atoms with Gasteiger partial charge in [-0.1, -0.05) is 0 Å². The molecular formula is C21H27N5O2. The van der Waals surface area contributed by atoms with E-state index in [-0.39, 0.29) is 0 Å². The minimum Gasteiger partial charge on any atom is -0.497 e. The van der Waals surface area contributed by atoms with Crippen molar-refractivity contribution in [3.8, 4) is 11.5 Å². The molecule has 2 aromatic heterocycles. The van der Waals surface area contributed by atoms with E-state index in [2.05, 4.69) is 22.0 Å². The van der Waals surface area contributed by atoms with Crippen molar-refractivity contribution in [3.63, 3.8) is 0 Å². The first-order valence-corrected chi connectivity index (χ1v) is 9.68. The number of nitrogens with zero attached hydrogens (tertiary/aromatic N) is 4. The Morgan fingerprint density at radius 1 is 1.21 bits per heavy atom. The van der Waals surface area contributed by atoms with Gasteiger partial charge in [-0.05, 0) is 43.3 Å². The molecule has 7 nitrogen and oxygen atoms in total. The summed E-state index contributed by atoms with van der Waals surface area (Å²) in [5, 5.41) is 6.01. The number of benzene rings is 1. The second-order valence-electron chi connectivity index (χ2n) is 7.17. The highest BCUT2D eigenvalue weighted by Gasteiger charge is 2.28. The Balaban J connectivity index is 1.55. The summed E-state index contributed by atoms with van der Waals surface area (Å²) in [6, 6.07) is 10.1. The lowest BCUT2D eigenvalue weighted by Gasteiger charge is -2.18. The van der Waals surface area contributed by atoms with Crippen molar-refractivity contribution < 1.29 is 9.47 Å². The Kier molecular flexibility index (Phi) is 5.45. The molecule has 1 aliphatic heterocycles. The van der Waals surface area contributed by atoms with Crippen molar-refractivity contribution >= 4 is 11.0 Å². The summed E-state index contributed by atoms with van der Waals surface area (Å²) in [6.45, 7) is 4.06. The van der Waals surface area contributed by atoms with Crippen LogP contribution in [-0.2, 0) is 13.1 Å². The van der Waals surface area contributed by atoms with Crippen LogP contribution >= 0.6 is 0 Å². The molecule has 1 aliphatic rings. The molecule has 2 N–H and O–H groups in total. The molecule has 1 atom stereocenters. The van der Waals surface area contributed by atoms with E-state index in [9.17, 15) is 0 Å². The van der Waals surface area contributed by atoms with Crippen LogP contribution in [0.4, 0.5) is 0 Å². The van der Waals surface area contributed by atoms with Gasteiger partial charge in [0, 0.05) is 42.7 Å². The number of likely N-dealkylation sites (tertiary alicyclic amines) is 1. The Labute approximate surface area is 165 Å². The van der Waals surface area contributed by atoms with Crippen LogP contribution in [0.5, 0.6) is 11.5 Å². The summed E-state index contributed by atoms with van der Waals surface area (Å²) in [5.41, 5.74) is 8.96. The van der Waals surface area contributed by atoms with Crippen LogP contribution in [0.2, 0.25) is 0 Å². The number of hydrogen-bond acceptors (Lipinski definition) is 6. The first-order chi connectivity index (χ1) is 13.7. The van der Waals surface area contributed by atoms with Gasteiger partial charge in [-0.25, -0.2) is 9.67 Å². The van der Waals surface area contributed by atoms with E-state index >= 15 is 0 Å². The monoisotopic (exact) mass is 381 g/mol. The molecule has 28 heavy (non-hydrogen) atoms. The van der Waals surface area contributed by atoms with Crippen LogP contribution in [0.1, 0.15) is 23.6 Å². The van der Waals surface area contributed by atoms with Crippen LogP contribution in [0, 0.1) is 0 Å². The summed E-state index contributed by atoms with van der Waals surface area (Å²) >= 11 is 0. The molecule has 0 spiro atoms. The SMILES string of the molecule is COc1ccc(OC)c(CN2CC[C@H](c3nn(CCN)c4ncccc34)C2)c1. The number of nitrogens with two attached hydrogens (primary N) is 1. The molecule has 4 rings (SSSR count). The number of hydrogen-bond donors (Lipinski definition) is 1. The van der Waals surface area contributed by atoms with Crippen LogP contribution < -0.4 is 15.2 Å². The van der Waals surface area contributed by atoms with Crippen molar-refractivity contribution in [2.24, 2.45) is 5.73 Å². The van der Waals surface area contributed by atoms with Crippen molar-refractivity contribution in [2.75, 3.05) is 33.9 Å². The largest absolute Gasteiger partial charge is 0.497 e. The minimum atomic E-state index is 0.391. The number of ether oxygens (including phenoxy) is 2. The predicted octanol–water partition coefficient (Wildman–Crippen LogP) is 2.40. The van der Waals surface area contributed by atoms with Gasteiger partial charge in [0.25, 0.3) is 0 Å². The fourth-order valence-electron chi connectivity index (χ4n) is 4.06. The molecule has 1 aromatic carbocycles. The highest BCUT2D eigenvalue weighted by molar-refractivity contribution is 5.78. The molecule has 0 amide bonds. The Morgan fingerprint density at radius 3 is 2.89 bits per heavy atom. The van der Waals surface area contributed by atoms with Crippen LogP contribution in [0.15, 0.2) is 36.5 Å². The molecule has 1 saturated heterocycles. The van der Waals surface area contributed by atoms with Crippen molar-refractivity contribution in [1.29, 1.82) is 0 Å². The van der Waals surface area contributed by atoms with Gasteiger partial charge in [-0.15, -0.1) is 0 Å². The summed E-state index contributed by atoms with van der Waals surface area (Å²) in [4.78, 5) is 6.97. The van der Waals surface area contributed by atoms with E-state index in [4.69, 9.17) is 20.3 Å². The fourth-order valence-corrected chi connectivity index (χ4v) is 4.06. The maximum atomic E-state index is 5.75. The van der Waals surface area contributed by atoms with Gasteiger partial charge in [0.05, 0.1) is 26.5 Å². The lowest BCUT2D eigenvalue weighted by atomic mass is 10.0. The van der Waals surface area contributed by atoms with Gasteiger partial charge in [-0.3, -0.25) is 4.90 Å². The van der Waals surface area contributed by atoms with Gasteiger partial charge in [-0.2, -0.15) is 5.10 Å². The molecule has 0 bridgehead atoms. The molecule has 0 radical (unpaired) electrons. The van der Waals surface area contributed by atoms with Gasteiger partial charge in [0.15, 0.2) is 5.65 Å². The molecule has 7 heteroatoms. The second kappa shape index (κ2) is 8.16. The zero-order valence-electron chi connectivity index (χ0n) is 16.5. The van der Waals surface area contributed by atoms with Crippen LogP contribution in [-0.4, -0.2) is 53.5 Å². The number of aromatic nitrogens is 3. The first kappa shape index (κ1) is 18.7. The van der Waals surface area contributed by atoms with Crippen molar-refractivity contribution in [2.45, 2.75) is 25.4 Å². The van der Waals surface area contributed by atoms with E-state index in [1.807, 2.05) is 29.1 Å². The maximum Gasteiger partial charge on any atom is 0.158 e. The highest BCUT2D eigenvalue weighted by Crippen LogP contribution is 2.33. The highest BCUT2D eigenvalue weighted by atomic mass is 16.5. The van der Waals surface area contributed by atoms with Gasteiger partial charge < -0.3 is 15.2 Å². The summed E-state index contributed by atoms with van der Waals surface area (Å²) < 4.78 is 12.9. The predicted molar refractivity (Wildman–Crippen MR) is 109 cm³/mol. The third-order valence-corrected chi connectivity index (χ3v) is 5.42. The maximum absolute atomic E-state index is 5.75. The zero-order valence-corrected chi connectivity index (χ0v) is 16.5. The summed E-state index contributed by atoms with van der Waals surface area (Å²) in [5.74, 6) is 2.14. The van der Waals surface area contributed by atoms with Crippen molar-refractivity contribution in [3.05, 3.63) is 47.8 Å². The quantitative estimate of drug-likeness (QED) is 0.677. The van der Waals surface area contributed by atoms with Gasteiger partial charge in [0.2, 0.25) is 0 Å². The molecule has 0 aliphatic carbocycles. The smallest absolute Gasteiger partial charge is 0.158 e. The molecule has 3 heterocycles. The third-order valence-electron chi connectivity index (χ3n) is 5.42. The summed E-state index contributed by atoms with van der Waals surface area (Å²) in [7, 11) is 3.40. The van der Waals surface area contributed by atoms with Crippen molar-refractivity contribution in [1.82, 2.24) is 19.7 Å². The zero-order chi connectivity index (χ0) is 19.5. The average Bonchev–Trinajstić information content (AvgIpc) is 3.33. The topological polar surface area (TPSA) is 78.4 Å². The van der Waals surface area contributed by atoms with Gasteiger partial charge >= 0.3 is 0 Å². The normalized spacial score (nSPS) is 17.3. The van der Waals surface area contributed by atoms with E-state index in [1.54, 1.807) is 14.2 Å². The third kappa shape index (κ3) is 3.55. The molecular weight excluding hydrogens is 354 g/mol. The number of pyridine rings is 1. The molecule has 3 aromatic rings. The minimum absolute atomic E-state index is 0.391. The van der Waals surface area contributed by atoms with Gasteiger partial charge in [0.1, 0.15) is 11.5 Å². The Bertz CT molecular complexity index is 955. The van der Waals surface area contributed by atoms with E-state index < -0.39 is 0 Å². The van der Waals surface area contributed by atoms with Crippen LogP contribution in [0.25, 0.3) is 11.0 Å². The van der Waals surface area contributed by atoms with E-state index in [1.165, 1.54) is 0 Å².